The van der Waals surface area contributed by atoms with Crippen LogP contribution in [0, 0.1) is 0 Å². The van der Waals surface area contributed by atoms with Crippen LogP contribution >= 0.6 is 0 Å². The van der Waals surface area contributed by atoms with Crippen molar-refractivity contribution in [1.29, 1.82) is 0 Å². The molecular formula is C20H18O2. The molecule has 0 aliphatic heterocycles. The van der Waals surface area contributed by atoms with E-state index in [0.29, 0.717) is 0 Å². The number of carboxylic acids is 1. The highest BCUT2D eigenvalue weighted by Gasteiger charge is 2.28. The molecule has 0 radical (unpaired) electrons. The fourth-order valence-corrected chi connectivity index (χ4v) is 3.09. The SMILES string of the molecule is CC(c1ccccc1)C(C(=O)O)c1cccc2ccccc12. The third-order valence-corrected chi connectivity index (χ3v) is 4.25. The molecule has 0 aromatic heterocycles. The molecule has 0 saturated carbocycles. The van der Waals surface area contributed by atoms with E-state index in [0.717, 1.165) is 21.9 Å². The summed E-state index contributed by atoms with van der Waals surface area (Å²) < 4.78 is 0. The third kappa shape index (κ3) is 2.60. The second-order valence-electron chi connectivity index (χ2n) is 5.58. The Morgan fingerprint density at radius 1 is 0.864 bits per heavy atom. The van der Waals surface area contributed by atoms with Crippen LogP contribution in [0.4, 0.5) is 0 Å². The smallest absolute Gasteiger partial charge is 0.311 e. The summed E-state index contributed by atoms with van der Waals surface area (Å²) in [5, 5.41) is 11.9. The second kappa shape index (κ2) is 6.02. The number of benzene rings is 3. The largest absolute Gasteiger partial charge is 0.481 e. The first-order valence-electron chi connectivity index (χ1n) is 7.44. The minimum Gasteiger partial charge on any atom is -0.481 e. The van der Waals surface area contributed by atoms with Crippen LogP contribution < -0.4 is 0 Å². The average Bonchev–Trinajstić information content (AvgIpc) is 2.56. The molecule has 0 amide bonds. The van der Waals surface area contributed by atoms with Gasteiger partial charge in [0, 0.05) is 0 Å². The van der Waals surface area contributed by atoms with Gasteiger partial charge in [0.2, 0.25) is 0 Å². The second-order valence-corrected chi connectivity index (χ2v) is 5.58. The first kappa shape index (κ1) is 14.3. The van der Waals surface area contributed by atoms with Gasteiger partial charge in [-0.05, 0) is 27.8 Å². The summed E-state index contributed by atoms with van der Waals surface area (Å²) in [6, 6.07) is 23.7. The van der Waals surface area contributed by atoms with Gasteiger partial charge in [0.25, 0.3) is 0 Å². The summed E-state index contributed by atoms with van der Waals surface area (Å²) in [5.74, 6) is -1.44. The molecule has 3 aromatic carbocycles. The van der Waals surface area contributed by atoms with E-state index in [4.69, 9.17) is 0 Å². The van der Waals surface area contributed by atoms with E-state index in [1.807, 2.05) is 79.7 Å². The van der Waals surface area contributed by atoms with E-state index in [1.165, 1.54) is 0 Å². The summed E-state index contributed by atoms with van der Waals surface area (Å²) in [7, 11) is 0. The lowest BCUT2D eigenvalue weighted by molar-refractivity contribution is -0.139. The number of carbonyl (C=O) groups is 1. The molecule has 0 bridgehead atoms. The van der Waals surface area contributed by atoms with E-state index in [2.05, 4.69) is 0 Å². The minimum atomic E-state index is -0.785. The van der Waals surface area contributed by atoms with E-state index in [-0.39, 0.29) is 5.92 Å². The van der Waals surface area contributed by atoms with Crippen LogP contribution in [0.25, 0.3) is 10.8 Å². The summed E-state index contributed by atoms with van der Waals surface area (Å²) in [5.41, 5.74) is 1.92. The van der Waals surface area contributed by atoms with E-state index < -0.39 is 11.9 Å². The van der Waals surface area contributed by atoms with Gasteiger partial charge < -0.3 is 5.11 Å². The van der Waals surface area contributed by atoms with Crippen molar-refractivity contribution in [3.63, 3.8) is 0 Å². The maximum absolute atomic E-state index is 12.0. The summed E-state index contributed by atoms with van der Waals surface area (Å²) in [6.45, 7) is 1.98. The number of fused-ring (bicyclic) bond motifs is 1. The molecule has 22 heavy (non-hydrogen) atoms. The van der Waals surface area contributed by atoms with Crippen molar-refractivity contribution < 1.29 is 9.90 Å². The van der Waals surface area contributed by atoms with Gasteiger partial charge in [0.15, 0.2) is 0 Å². The van der Waals surface area contributed by atoms with Gasteiger partial charge in [-0.3, -0.25) is 4.79 Å². The highest BCUT2D eigenvalue weighted by Crippen LogP contribution is 2.36. The number of hydrogen-bond acceptors (Lipinski definition) is 1. The number of carboxylic acid groups (broad SMARTS) is 1. The third-order valence-electron chi connectivity index (χ3n) is 4.25. The number of aliphatic carboxylic acids is 1. The van der Waals surface area contributed by atoms with Gasteiger partial charge in [-0.2, -0.15) is 0 Å². The first-order valence-corrected chi connectivity index (χ1v) is 7.44. The fraction of sp³-hybridized carbons (Fsp3) is 0.150. The van der Waals surface area contributed by atoms with Gasteiger partial charge in [-0.1, -0.05) is 79.7 Å². The molecule has 3 aromatic rings. The highest BCUT2D eigenvalue weighted by atomic mass is 16.4. The molecule has 0 aliphatic rings. The minimum absolute atomic E-state index is 0.0930. The van der Waals surface area contributed by atoms with E-state index >= 15 is 0 Å². The molecule has 0 aliphatic carbocycles. The first-order chi connectivity index (χ1) is 10.7. The molecule has 3 rings (SSSR count). The molecule has 2 atom stereocenters. The molecule has 0 heterocycles. The number of hydrogen-bond donors (Lipinski definition) is 1. The van der Waals surface area contributed by atoms with Crippen LogP contribution in [-0.2, 0) is 4.79 Å². The van der Waals surface area contributed by atoms with Crippen molar-refractivity contribution in [3.8, 4) is 0 Å². The summed E-state index contributed by atoms with van der Waals surface area (Å²) in [6.07, 6.45) is 0. The topological polar surface area (TPSA) is 37.3 Å². The Kier molecular flexibility index (Phi) is 3.92. The predicted molar refractivity (Wildman–Crippen MR) is 89.2 cm³/mol. The molecule has 0 spiro atoms. The summed E-state index contributed by atoms with van der Waals surface area (Å²) >= 11 is 0. The van der Waals surface area contributed by atoms with Crippen LogP contribution in [-0.4, -0.2) is 11.1 Å². The number of rotatable bonds is 4. The zero-order valence-corrected chi connectivity index (χ0v) is 12.4. The fourth-order valence-electron chi connectivity index (χ4n) is 3.09. The molecule has 0 saturated heterocycles. The van der Waals surface area contributed by atoms with Crippen LogP contribution in [0.1, 0.15) is 29.9 Å². The molecule has 110 valence electrons. The lowest BCUT2D eigenvalue weighted by Gasteiger charge is -2.22. The predicted octanol–water partition coefficient (Wildman–Crippen LogP) is 4.81. The van der Waals surface area contributed by atoms with Gasteiger partial charge in [-0.15, -0.1) is 0 Å². The standard InChI is InChI=1S/C20H18O2/c1-14(15-8-3-2-4-9-15)19(20(21)22)18-13-7-11-16-10-5-6-12-17(16)18/h2-14,19H,1H3,(H,21,22). The Balaban J connectivity index is 2.13. The van der Waals surface area contributed by atoms with Crippen molar-refractivity contribution in [2.75, 3.05) is 0 Å². The Morgan fingerprint density at radius 2 is 1.50 bits per heavy atom. The Morgan fingerprint density at radius 3 is 2.23 bits per heavy atom. The van der Waals surface area contributed by atoms with Gasteiger partial charge in [0.1, 0.15) is 0 Å². The van der Waals surface area contributed by atoms with Crippen LogP contribution in [0.5, 0.6) is 0 Å². The molecule has 2 nitrogen and oxygen atoms in total. The maximum atomic E-state index is 12.0. The van der Waals surface area contributed by atoms with Crippen LogP contribution in [0.3, 0.4) is 0 Å². The van der Waals surface area contributed by atoms with Crippen molar-refractivity contribution in [1.82, 2.24) is 0 Å². The normalized spacial score (nSPS) is 13.7. The van der Waals surface area contributed by atoms with Crippen molar-refractivity contribution >= 4 is 16.7 Å². The molecule has 0 fully saturated rings. The summed E-state index contributed by atoms with van der Waals surface area (Å²) in [4.78, 5) is 12.0. The monoisotopic (exact) mass is 290 g/mol. The quantitative estimate of drug-likeness (QED) is 0.748. The average molecular weight is 290 g/mol. The van der Waals surface area contributed by atoms with Crippen molar-refractivity contribution in [3.05, 3.63) is 83.9 Å². The zero-order chi connectivity index (χ0) is 15.5. The maximum Gasteiger partial charge on any atom is 0.311 e. The highest BCUT2D eigenvalue weighted by molar-refractivity contribution is 5.91. The molecule has 1 N–H and O–H groups in total. The Labute approximate surface area is 130 Å². The van der Waals surface area contributed by atoms with E-state index in [1.54, 1.807) is 0 Å². The van der Waals surface area contributed by atoms with Crippen LogP contribution in [0.15, 0.2) is 72.8 Å². The molecule has 2 unspecified atom stereocenters. The molecular weight excluding hydrogens is 272 g/mol. The van der Waals surface area contributed by atoms with Gasteiger partial charge in [0.05, 0.1) is 5.92 Å². The van der Waals surface area contributed by atoms with Crippen LogP contribution in [0.2, 0.25) is 0 Å². The van der Waals surface area contributed by atoms with Gasteiger partial charge >= 0.3 is 5.97 Å². The van der Waals surface area contributed by atoms with Crippen molar-refractivity contribution in [2.24, 2.45) is 0 Å². The Bertz CT molecular complexity index is 788. The van der Waals surface area contributed by atoms with Gasteiger partial charge in [-0.25, -0.2) is 0 Å². The van der Waals surface area contributed by atoms with E-state index in [9.17, 15) is 9.90 Å². The lowest BCUT2D eigenvalue weighted by Crippen LogP contribution is -2.18. The lowest BCUT2D eigenvalue weighted by atomic mass is 9.81. The molecule has 2 heteroatoms. The van der Waals surface area contributed by atoms with Crippen molar-refractivity contribution in [2.45, 2.75) is 18.8 Å². The zero-order valence-electron chi connectivity index (χ0n) is 12.4. The Hall–Kier alpha value is -2.61.